The van der Waals surface area contributed by atoms with Crippen LogP contribution in [-0.2, 0) is 16.6 Å². The highest BCUT2D eigenvalue weighted by Crippen LogP contribution is 2.24. The summed E-state index contributed by atoms with van der Waals surface area (Å²) < 4.78 is 47.2. The third-order valence-corrected chi connectivity index (χ3v) is 5.15. The fourth-order valence-corrected chi connectivity index (χ4v) is 3.60. The van der Waals surface area contributed by atoms with Gasteiger partial charge < -0.3 is 4.74 Å². The Hall–Kier alpha value is -2.78. The molecule has 1 N–H and O–H groups in total. The standard InChI is InChI=1S/C17H17FN4O3S/c1-25-16-3-2-14(18)12-17(16)26(23,24)20-9-11-22-10-6-15(21-22)13-4-7-19-8-5-13/h2-8,10,12,20H,9,11H2,1H3. The molecule has 136 valence electrons. The predicted molar refractivity (Wildman–Crippen MR) is 93.6 cm³/mol. The molecule has 0 radical (unpaired) electrons. The average Bonchev–Trinajstić information content (AvgIpc) is 3.11. The molecular formula is C17H17FN4O3S. The highest BCUT2D eigenvalue weighted by molar-refractivity contribution is 7.89. The summed E-state index contributed by atoms with van der Waals surface area (Å²) in [5, 5.41) is 4.39. The van der Waals surface area contributed by atoms with E-state index in [-0.39, 0.29) is 17.2 Å². The van der Waals surface area contributed by atoms with Gasteiger partial charge in [-0.25, -0.2) is 17.5 Å². The van der Waals surface area contributed by atoms with Crippen LogP contribution in [0.1, 0.15) is 0 Å². The quantitative estimate of drug-likeness (QED) is 0.682. The van der Waals surface area contributed by atoms with Crippen molar-refractivity contribution < 1.29 is 17.5 Å². The molecule has 2 heterocycles. The van der Waals surface area contributed by atoms with Crippen LogP contribution in [0.25, 0.3) is 11.3 Å². The Morgan fingerprint density at radius 2 is 1.96 bits per heavy atom. The normalized spacial score (nSPS) is 11.5. The van der Waals surface area contributed by atoms with Crippen molar-refractivity contribution in [1.29, 1.82) is 0 Å². The number of ether oxygens (including phenoxy) is 1. The first-order chi connectivity index (χ1) is 12.5. The van der Waals surface area contributed by atoms with Crippen LogP contribution in [0.4, 0.5) is 4.39 Å². The number of rotatable bonds is 7. The van der Waals surface area contributed by atoms with Crippen molar-refractivity contribution in [3.63, 3.8) is 0 Å². The molecule has 0 saturated carbocycles. The maximum atomic E-state index is 13.4. The minimum Gasteiger partial charge on any atom is -0.495 e. The molecule has 1 aromatic carbocycles. The lowest BCUT2D eigenvalue weighted by Crippen LogP contribution is -2.28. The summed E-state index contributed by atoms with van der Waals surface area (Å²) in [6, 6.07) is 8.86. The lowest BCUT2D eigenvalue weighted by molar-refractivity contribution is 0.400. The Morgan fingerprint density at radius 3 is 2.69 bits per heavy atom. The lowest BCUT2D eigenvalue weighted by atomic mass is 10.2. The monoisotopic (exact) mass is 376 g/mol. The molecular weight excluding hydrogens is 359 g/mol. The Balaban J connectivity index is 1.66. The van der Waals surface area contributed by atoms with E-state index in [9.17, 15) is 12.8 Å². The van der Waals surface area contributed by atoms with E-state index < -0.39 is 15.8 Å². The maximum absolute atomic E-state index is 13.4. The molecule has 0 saturated heterocycles. The van der Waals surface area contributed by atoms with Crippen LogP contribution in [0, 0.1) is 5.82 Å². The number of aromatic nitrogens is 3. The van der Waals surface area contributed by atoms with Gasteiger partial charge in [-0.1, -0.05) is 0 Å². The minimum atomic E-state index is -3.91. The summed E-state index contributed by atoms with van der Waals surface area (Å²) in [6.07, 6.45) is 5.11. The molecule has 3 aromatic rings. The summed E-state index contributed by atoms with van der Waals surface area (Å²) >= 11 is 0. The second-order valence-corrected chi connectivity index (χ2v) is 7.13. The molecule has 3 rings (SSSR count). The third kappa shape index (κ3) is 4.06. The van der Waals surface area contributed by atoms with Crippen LogP contribution in [0.3, 0.4) is 0 Å². The number of nitrogens with zero attached hydrogens (tertiary/aromatic N) is 3. The zero-order valence-corrected chi connectivity index (χ0v) is 14.8. The fourth-order valence-electron chi connectivity index (χ4n) is 2.40. The maximum Gasteiger partial charge on any atom is 0.244 e. The highest BCUT2D eigenvalue weighted by Gasteiger charge is 2.20. The van der Waals surface area contributed by atoms with Gasteiger partial charge in [0.05, 0.1) is 19.3 Å². The van der Waals surface area contributed by atoms with Crippen LogP contribution in [0.5, 0.6) is 5.75 Å². The van der Waals surface area contributed by atoms with Gasteiger partial charge in [-0.2, -0.15) is 5.10 Å². The first-order valence-corrected chi connectivity index (χ1v) is 9.25. The summed E-state index contributed by atoms with van der Waals surface area (Å²) in [6.45, 7) is 0.418. The Bertz CT molecular complexity index is 990. The van der Waals surface area contributed by atoms with E-state index in [0.29, 0.717) is 6.54 Å². The molecule has 2 aromatic heterocycles. The fraction of sp³-hybridized carbons (Fsp3) is 0.176. The summed E-state index contributed by atoms with van der Waals surface area (Å²) in [5.74, 6) is -0.571. The topological polar surface area (TPSA) is 86.1 Å². The van der Waals surface area contributed by atoms with Crippen molar-refractivity contribution in [2.75, 3.05) is 13.7 Å². The van der Waals surface area contributed by atoms with Crippen molar-refractivity contribution in [3.05, 3.63) is 60.8 Å². The van der Waals surface area contributed by atoms with Gasteiger partial charge in [0.2, 0.25) is 10.0 Å². The average molecular weight is 376 g/mol. The number of methoxy groups -OCH3 is 1. The number of hydrogen-bond donors (Lipinski definition) is 1. The van der Waals surface area contributed by atoms with Gasteiger partial charge in [-0.05, 0) is 36.4 Å². The molecule has 9 heteroatoms. The molecule has 0 aliphatic heterocycles. The Kier molecular flexibility index (Phi) is 5.29. The molecule has 0 amide bonds. The zero-order valence-electron chi connectivity index (χ0n) is 14.0. The van der Waals surface area contributed by atoms with E-state index in [0.717, 1.165) is 23.4 Å². The van der Waals surface area contributed by atoms with E-state index in [4.69, 9.17) is 4.74 Å². The molecule has 0 aliphatic rings. The number of benzene rings is 1. The SMILES string of the molecule is COc1ccc(F)cc1S(=O)(=O)NCCn1ccc(-c2ccncc2)n1. The molecule has 7 nitrogen and oxygen atoms in total. The summed E-state index contributed by atoms with van der Waals surface area (Å²) in [7, 11) is -2.58. The van der Waals surface area contributed by atoms with Crippen molar-refractivity contribution in [1.82, 2.24) is 19.5 Å². The second-order valence-electron chi connectivity index (χ2n) is 5.39. The number of sulfonamides is 1. The molecule has 0 bridgehead atoms. The van der Waals surface area contributed by atoms with Crippen molar-refractivity contribution in [3.8, 4) is 17.0 Å². The summed E-state index contributed by atoms with van der Waals surface area (Å²) in [4.78, 5) is 3.72. The first kappa shape index (κ1) is 18.0. The van der Waals surface area contributed by atoms with Gasteiger partial charge in [-0.15, -0.1) is 0 Å². The van der Waals surface area contributed by atoms with Crippen LogP contribution in [-0.4, -0.2) is 36.8 Å². The van der Waals surface area contributed by atoms with E-state index in [1.165, 1.54) is 13.2 Å². The van der Waals surface area contributed by atoms with E-state index in [1.807, 2.05) is 18.2 Å². The van der Waals surface area contributed by atoms with Crippen molar-refractivity contribution in [2.45, 2.75) is 11.4 Å². The molecule has 0 fully saturated rings. The van der Waals surface area contributed by atoms with Crippen molar-refractivity contribution >= 4 is 10.0 Å². The van der Waals surface area contributed by atoms with Crippen LogP contribution >= 0.6 is 0 Å². The molecule has 0 spiro atoms. The van der Waals surface area contributed by atoms with Gasteiger partial charge in [0, 0.05) is 30.7 Å². The summed E-state index contributed by atoms with van der Waals surface area (Å²) in [5.41, 5.74) is 1.69. The van der Waals surface area contributed by atoms with Crippen LogP contribution in [0.2, 0.25) is 0 Å². The predicted octanol–water partition coefficient (Wildman–Crippen LogP) is 2.07. The van der Waals surface area contributed by atoms with Gasteiger partial charge in [0.15, 0.2) is 0 Å². The molecule has 26 heavy (non-hydrogen) atoms. The van der Waals surface area contributed by atoms with E-state index in [1.54, 1.807) is 23.3 Å². The van der Waals surface area contributed by atoms with Crippen LogP contribution in [0.15, 0.2) is 59.9 Å². The van der Waals surface area contributed by atoms with E-state index in [2.05, 4.69) is 14.8 Å². The zero-order chi connectivity index (χ0) is 18.6. The molecule has 0 atom stereocenters. The molecule has 0 unspecified atom stereocenters. The van der Waals surface area contributed by atoms with Crippen LogP contribution < -0.4 is 9.46 Å². The number of halogens is 1. The number of nitrogens with one attached hydrogen (secondary N) is 1. The number of hydrogen-bond acceptors (Lipinski definition) is 5. The van der Waals surface area contributed by atoms with Gasteiger partial charge in [-0.3, -0.25) is 9.67 Å². The van der Waals surface area contributed by atoms with E-state index >= 15 is 0 Å². The van der Waals surface area contributed by atoms with Crippen molar-refractivity contribution in [2.24, 2.45) is 0 Å². The Morgan fingerprint density at radius 1 is 1.19 bits per heavy atom. The second kappa shape index (κ2) is 7.63. The Labute approximate surface area is 150 Å². The third-order valence-electron chi connectivity index (χ3n) is 3.66. The molecule has 0 aliphatic carbocycles. The lowest BCUT2D eigenvalue weighted by Gasteiger charge is -2.11. The van der Waals surface area contributed by atoms with Gasteiger partial charge in [0.1, 0.15) is 16.5 Å². The largest absolute Gasteiger partial charge is 0.495 e. The highest BCUT2D eigenvalue weighted by atomic mass is 32.2. The smallest absolute Gasteiger partial charge is 0.244 e. The van der Waals surface area contributed by atoms with Gasteiger partial charge in [0.25, 0.3) is 0 Å². The first-order valence-electron chi connectivity index (χ1n) is 7.76. The number of pyridine rings is 1. The minimum absolute atomic E-state index is 0.0814. The van der Waals surface area contributed by atoms with Gasteiger partial charge >= 0.3 is 0 Å².